The Hall–Kier alpha value is -2.17. The number of halogens is 1. The summed E-state index contributed by atoms with van der Waals surface area (Å²) in [5, 5.41) is 4.61. The van der Waals surface area contributed by atoms with Gasteiger partial charge in [-0.05, 0) is 56.3 Å². The number of aromatic nitrogens is 2. The van der Waals surface area contributed by atoms with Crippen molar-refractivity contribution in [3.05, 3.63) is 69.2 Å². The molecule has 1 heterocycles. The van der Waals surface area contributed by atoms with E-state index in [1.807, 2.05) is 57.2 Å². The Morgan fingerprint density at radius 3 is 2.71 bits per heavy atom. The summed E-state index contributed by atoms with van der Waals surface area (Å²) in [7, 11) is 0. The molecule has 1 unspecified atom stereocenters. The van der Waals surface area contributed by atoms with Gasteiger partial charge in [0.1, 0.15) is 5.82 Å². The standard InChI is InChI=1S/C19H20ClN3O/c1-4-21-13(3)18-22-16-8-6-5-7-15(16)19(24)23(18)17-10-9-14(20)11-12(17)2/h5-11,13,21H,4H2,1-3H3. The van der Waals surface area contributed by atoms with Gasteiger partial charge in [0.05, 0.1) is 22.6 Å². The minimum atomic E-state index is -0.0641. The highest BCUT2D eigenvalue weighted by Gasteiger charge is 2.18. The lowest BCUT2D eigenvalue weighted by atomic mass is 10.1. The van der Waals surface area contributed by atoms with Crippen molar-refractivity contribution in [2.24, 2.45) is 0 Å². The number of hydrogen-bond donors (Lipinski definition) is 1. The molecule has 0 aliphatic rings. The van der Waals surface area contributed by atoms with Crippen molar-refractivity contribution in [1.82, 2.24) is 14.9 Å². The highest BCUT2D eigenvalue weighted by molar-refractivity contribution is 6.30. The molecule has 0 aliphatic heterocycles. The van der Waals surface area contributed by atoms with Gasteiger partial charge in [0.25, 0.3) is 5.56 Å². The van der Waals surface area contributed by atoms with Crippen molar-refractivity contribution in [2.75, 3.05) is 6.54 Å². The van der Waals surface area contributed by atoms with E-state index < -0.39 is 0 Å². The molecule has 2 aromatic carbocycles. The van der Waals surface area contributed by atoms with E-state index in [4.69, 9.17) is 16.6 Å². The van der Waals surface area contributed by atoms with Crippen molar-refractivity contribution in [3.63, 3.8) is 0 Å². The van der Waals surface area contributed by atoms with E-state index in [9.17, 15) is 4.79 Å². The monoisotopic (exact) mass is 341 g/mol. The topological polar surface area (TPSA) is 46.9 Å². The number of rotatable bonds is 4. The highest BCUT2D eigenvalue weighted by Crippen LogP contribution is 2.22. The van der Waals surface area contributed by atoms with Crippen LogP contribution in [0.5, 0.6) is 0 Å². The Kier molecular flexibility index (Phi) is 4.69. The molecule has 1 aromatic heterocycles. The summed E-state index contributed by atoms with van der Waals surface area (Å²) in [4.78, 5) is 17.9. The number of nitrogens with one attached hydrogen (secondary N) is 1. The molecule has 5 heteroatoms. The molecule has 24 heavy (non-hydrogen) atoms. The fourth-order valence-electron chi connectivity index (χ4n) is 2.94. The molecule has 3 aromatic rings. The Balaban J connectivity index is 2.37. The van der Waals surface area contributed by atoms with Gasteiger partial charge in [0.2, 0.25) is 0 Å². The molecule has 0 bridgehead atoms. The lowest BCUT2D eigenvalue weighted by Crippen LogP contribution is -2.30. The summed E-state index contributed by atoms with van der Waals surface area (Å²) in [5.41, 5.74) is 2.39. The summed E-state index contributed by atoms with van der Waals surface area (Å²) in [5.74, 6) is 0.700. The van der Waals surface area contributed by atoms with Gasteiger partial charge in [-0.25, -0.2) is 4.98 Å². The minimum absolute atomic E-state index is 0.0533. The molecule has 0 amide bonds. The van der Waals surface area contributed by atoms with E-state index in [1.54, 1.807) is 10.6 Å². The lowest BCUT2D eigenvalue weighted by Gasteiger charge is -2.20. The third kappa shape index (κ3) is 2.95. The van der Waals surface area contributed by atoms with E-state index in [2.05, 4.69) is 5.32 Å². The lowest BCUT2D eigenvalue weighted by molar-refractivity contribution is 0.550. The van der Waals surface area contributed by atoms with Crippen LogP contribution in [0.1, 0.15) is 31.3 Å². The minimum Gasteiger partial charge on any atom is -0.308 e. The molecule has 0 aliphatic carbocycles. The summed E-state index contributed by atoms with van der Waals surface area (Å²) >= 11 is 6.08. The maximum atomic E-state index is 13.2. The predicted octanol–water partition coefficient (Wildman–Crippen LogP) is 4.02. The average Bonchev–Trinajstić information content (AvgIpc) is 2.56. The third-order valence-corrected chi connectivity index (χ3v) is 4.33. The molecule has 0 spiro atoms. The van der Waals surface area contributed by atoms with Crippen LogP contribution < -0.4 is 10.9 Å². The number of nitrogens with zero attached hydrogens (tertiary/aromatic N) is 2. The van der Waals surface area contributed by atoms with Crippen LogP contribution >= 0.6 is 11.6 Å². The Bertz CT molecular complexity index is 949. The number of aryl methyl sites for hydroxylation is 1. The van der Waals surface area contributed by atoms with Gasteiger partial charge in [-0.3, -0.25) is 9.36 Å². The molecule has 0 radical (unpaired) electrons. The van der Waals surface area contributed by atoms with Gasteiger partial charge in [0.15, 0.2) is 0 Å². The van der Waals surface area contributed by atoms with Gasteiger partial charge < -0.3 is 5.32 Å². The normalized spacial score (nSPS) is 12.5. The van der Waals surface area contributed by atoms with Crippen LogP contribution in [0.25, 0.3) is 16.6 Å². The van der Waals surface area contributed by atoms with Gasteiger partial charge in [-0.15, -0.1) is 0 Å². The highest BCUT2D eigenvalue weighted by atomic mass is 35.5. The maximum absolute atomic E-state index is 13.2. The molecular weight excluding hydrogens is 322 g/mol. The van der Waals surface area contributed by atoms with Gasteiger partial charge in [-0.1, -0.05) is 30.7 Å². The van der Waals surface area contributed by atoms with Crippen molar-refractivity contribution >= 4 is 22.5 Å². The SMILES string of the molecule is CCNC(C)c1nc2ccccc2c(=O)n1-c1ccc(Cl)cc1C. The van der Waals surface area contributed by atoms with Crippen LogP contribution in [0, 0.1) is 6.92 Å². The second kappa shape index (κ2) is 6.75. The maximum Gasteiger partial charge on any atom is 0.266 e. The van der Waals surface area contributed by atoms with Crippen LogP contribution in [0.4, 0.5) is 0 Å². The van der Waals surface area contributed by atoms with Gasteiger partial charge in [-0.2, -0.15) is 0 Å². The van der Waals surface area contributed by atoms with E-state index in [0.29, 0.717) is 21.7 Å². The van der Waals surface area contributed by atoms with Crippen LogP contribution in [0.15, 0.2) is 47.3 Å². The average molecular weight is 342 g/mol. The van der Waals surface area contributed by atoms with Crippen LogP contribution in [0.2, 0.25) is 5.02 Å². The van der Waals surface area contributed by atoms with Crippen LogP contribution in [-0.2, 0) is 0 Å². The molecule has 0 saturated carbocycles. The molecule has 0 fully saturated rings. The molecule has 124 valence electrons. The van der Waals surface area contributed by atoms with Gasteiger partial charge in [0, 0.05) is 5.02 Å². The van der Waals surface area contributed by atoms with Crippen molar-refractivity contribution < 1.29 is 0 Å². The second-order valence-corrected chi connectivity index (χ2v) is 6.27. The number of fused-ring (bicyclic) bond motifs is 1. The number of benzene rings is 2. The molecule has 1 atom stereocenters. The van der Waals surface area contributed by atoms with Crippen molar-refractivity contribution in [1.29, 1.82) is 0 Å². The second-order valence-electron chi connectivity index (χ2n) is 5.84. The first-order valence-electron chi connectivity index (χ1n) is 8.04. The summed E-state index contributed by atoms with van der Waals surface area (Å²) in [6.07, 6.45) is 0. The van der Waals surface area contributed by atoms with Crippen molar-refractivity contribution in [3.8, 4) is 5.69 Å². The zero-order chi connectivity index (χ0) is 17.3. The van der Waals surface area contributed by atoms with Crippen molar-refractivity contribution in [2.45, 2.75) is 26.8 Å². The largest absolute Gasteiger partial charge is 0.308 e. The van der Waals surface area contributed by atoms with Gasteiger partial charge >= 0.3 is 0 Å². The van der Waals surface area contributed by atoms with E-state index in [0.717, 1.165) is 17.8 Å². The Labute approximate surface area is 146 Å². The van der Waals surface area contributed by atoms with E-state index >= 15 is 0 Å². The van der Waals surface area contributed by atoms with Crippen LogP contribution in [-0.4, -0.2) is 16.1 Å². The zero-order valence-corrected chi connectivity index (χ0v) is 14.8. The summed E-state index contributed by atoms with van der Waals surface area (Å²) in [6.45, 7) is 6.79. The summed E-state index contributed by atoms with van der Waals surface area (Å²) < 4.78 is 1.70. The first kappa shape index (κ1) is 16.7. The first-order chi connectivity index (χ1) is 11.5. The smallest absolute Gasteiger partial charge is 0.266 e. The quantitative estimate of drug-likeness (QED) is 0.779. The first-order valence-corrected chi connectivity index (χ1v) is 8.42. The van der Waals surface area contributed by atoms with Crippen LogP contribution in [0.3, 0.4) is 0 Å². The summed E-state index contributed by atoms with van der Waals surface area (Å²) in [6, 6.07) is 12.9. The fraction of sp³-hybridized carbons (Fsp3) is 0.263. The predicted molar refractivity (Wildman–Crippen MR) is 99.2 cm³/mol. The van der Waals surface area contributed by atoms with E-state index in [-0.39, 0.29) is 11.6 Å². The molecule has 3 rings (SSSR count). The van der Waals surface area contributed by atoms with E-state index in [1.165, 1.54) is 0 Å². The number of hydrogen-bond acceptors (Lipinski definition) is 3. The third-order valence-electron chi connectivity index (χ3n) is 4.10. The fourth-order valence-corrected chi connectivity index (χ4v) is 3.17. The number of para-hydroxylation sites is 1. The molecule has 0 saturated heterocycles. The molecule has 1 N–H and O–H groups in total. The Morgan fingerprint density at radius 1 is 1.25 bits per heavy atom. The Morgan fingerprint density at radius 2 is 2.00 bits per heavy atom. The molecule has 4 nitrogen and oxygen atoms in total. The zero-order valence-electron chi connectivity index (χ0n) is 14.0. The molecular formula is C19H20ClN3O.